The summed E-state index contributed by atoms with van der Waals surface area (Å²) in [6, 6.07) is 5.71. The maximum Gasteiger partial charge on any atom is 0.416 e. The highest BCUT2D eigenvalue weighted by Crippen LogP contribution is 2.35. The molecule has 0 bridgehead atoms. The van der Waals surface area contributed by atoms with Gasteiger partial charge in [0.2, 0.25) is 10.0 Å². The molecule has 2 aromatic rings. The van der Waals surface area contributed by atoms with Gasteiger partial charge in [-0.25, -0.2) is 22.7 Å². The lowest BCUT2D eigenvalue weighted by Crippen LogP contribution is -2.52. The minimum Gasteiger partial charge on any atom is -0.368 e. The number of carbonyl (C=O) groups excluding carboxylic acids is 1. The Balaban J connectivity index is 1.12. The van der Waals surface area contributed by atoms with Gasteiger partial charge in [-0.3, -0.25) is 4.79 Å². The standard InChI is InChI=1S/C31H43F3N6O4S/c1-21-28(30(41)40-16-12-25(13-17-40)39-14-10-24(11-15-39)38(2)45(3,42)43)36-20-37-29(21)35-19-26-8-5-9-27(44-26)22-6-4-7-23(18-22)31(32,33)34/h4,6-7,18,20,24-27H,5,8-17,19H2,1-3H3,(H,35,36,37)/t26-,27?/m0/s1. The van der Waals surface area contributed by atoms with Crippen molar-refractivity contribution < 1.29 is 31.1 Å². The van der Waals surface area contributed by atoms with Crippen LogP contribution < -0.4 is 5.32 Å². The molecule has 0 radical (unpaired) electrons. The Bertz CT molecular complexity index is 1440. The zero-order valence-electron chi connectivity index (χ0n) is 26.1. The minimum atomic E-state index is -4.40. The number of ether oxygens (including phenoxy) is 1. The van der Waals surface area contributed by atoms with Crippen LogP contribution in [0.5, 0.6) is 0 Å². The van der Waals surface area contributed by atoms with Crippen LogP contribution in [0.2, 0.25) is 0 Å². The zero-order valence-corrected chi connectivity index (χ0v) is 26.9. The van der Waals surface area contributed by atoms with E-state index in [4.69, 9.17) is 4.74 Å². The first-order chi connectivity index (χ1) is 21.3. The van der Waals surface area contributed by atoms with Crippen molar-refractivity contribution in [1.82, 2.24) is 24.1 Å². The van der Waals surface area contributed by atoms with Crippen LogP contribution in [0, 0.1) is 6.92 Å². The fourth-order valence-corrected chi connectivity index (χ4v) is 7.49. The molecule has 10 nitrogen and oxygen atoms in total. The fourth-order valence-electron chi connectivity index (χ4n) is 6.73. The molecule has 45 heavy (non-hydrogen) atoms. The summed E-state index contributed by atoms with van der Waals surface area (Å²) in [7, 11) is -1.55. The van der Waals surface area contributed by atoms with Gasteiger partial charge in [0.15, 0.2) is 0 Å². The zero-order chi connectivity index (χ0) is 32.4. The number of halogens is 3. The Morgan fingerprint density at radius 2 is 1.78 bits per heavy atom. The fraction of sp³-hybridized carbons (Fsp3) is 0.645. The molecular formula is C31H43F3N6O4S. The maximum absolute atomic E-state index is 13.5. The molecule has 1 unspecified atom stereocenters. The Morgan fingerprint density at radius 3 is 2.44 bits per heavy atom. The third kappa shape index (κ3) is 8.13. The average Bonchev–Trinajstić information content (AvgIpc) is 3.03. The summed E-state index contributed by atoms with van der Waals surface area (Å²) in [6.07, 6.45) is 3.12. The smallest absolute Gasteiger partial charge is 0.368 e. The number of sulfonamides is 1. The molecule has 3 aliphatic rings. The highest BCUT2D eigenvalue weighted by Gasteiger charge is 2.34. The third-order valence-electron chi connectivity index (χ3n) is 9.52. The van der Waals surface area contributed by atoms with E-state index >= 15 is 0 Å². The highest BCUT2D eigenvalue weighted by molar-refractivity contribution is 7.88. The summed E-state index contributed by atoms with van der Waals surface area (Å²) in [4.78, 5) is 26.4. The molecule has 1 aromatic carbocycles. The molecule has 0 spiro atoms. The van der Waals surface area contributed by atoms with Crippen molar-refractivity contribution in [3.05, 3.63) is 53.0 Å². The summed E-state index contributed by atoms with van der Waals surface area (Å²) in [5.41, 5.74) is 0.837. The Labute approximate surface area is 263 Å². The van der Waals surface area contributed by atoms with Crippen molar-refractivity contribution in [3.63, 3.8) is 0 Å². The number of hydrogen-bond acceptors (Lipinski definition) is 8. The molecule has 14 heteroatoms. The first kappa shape index (κ1) is 33.6. The van der Waals surface area contributed by atoms with E-state index in [-0.39, 0.29) is 18.1 Å². The summed E-state index contributed by atoms with van der Waals surface area (Å²) in [5.74, 6) is 0.401. The number of piperidine rings is 2. The van der Waals surface area contributed by atoms with Gasteiger partial charge in [0.25, 0.3) is 5.91 Å². The quantitative estimate of drug-likeness (QED) is 0.445. The molecule has 3 fully saturated rings. The third-order valence-corrected chi connectivity index (χ3v) is 10.9. The van der Waals surface area contributed by atoms with Gasteiger partial charge >= 0.3 is 6.18 Å². The lowest BCUT2D eigenvalue weighted by atomic mass is 9.97. The number of hydrogen-bond donors (Lipinski definition) is 1. The molecule has 3 aliphatic heterocycles. The van der Waals surface area contributed by atoms with Gasteiger partial charge in [-0.2, -0.15) is 13.2 Å². The average molecular weight is 653 g/mol. The lowest BCUT2D eigenvalue weighted by Gasteiger charge is -2.43. The van der Waals surface area contributed by atoms with Gasteiger partial charge in [-0.15, -0.1) is 0 Å². The number of anilines is 1. The number of likely N-dealkylation sites (tertiary alicyclic amines) is 2. The predicted octanol–water partition coefficient (Wildman–Crippen LogP) is 4.49. The summed E-state index contributed by atoms with van der Waals surface area (Å²) < 4.78 is 71.1. The molecule has 0 saturated carbocycles. The first-order valence-corrected chi connectivity index (χ1v) is 17.5. The maximum atomic E-state index is 13.5. The van der Waals surface area contributed by atoms with Crippen molar-refractivity contribution in [1.29, 1.82) is 0 Å². The number of amides is 1. The van der Waals surface area contributed by atoms with Crippen LogP contribution in [-0.4, -0.2) is 103 Å². The second kappa shape index (κ2) is 13.9. The molecule has 3 saturated heterocycles. The van der Waals surface area contributed by atoms with Crippen LogP contribution in [0.4, 0.5) is 19.0 Å². The van der Waals surface area contributed by atoms with Crippen LogP contribution in [0.3, 0.4) is 0 Å². The van der Waals surface area contributed by atoms with Crippen molar-refractivity contribution in [2.24, 2.45) is 0 Å². The van der Waals surface area contributed by atoms with E-state index in [1.807, 2.05) is 11.8 Å². The summed E-state index contributed by atoms with van der Waals surface area (Å²) in [5, 5.41) is 3.28. The van der Waals surface area contributed by atoms with Crippen LogP contribution in [0.15, 0.2) is 30.6 Å². The lowest BCUT2D eigenvalue weighted by molar-refractivity contribution is -0.137. The van der Waals surface area contributed by atoms with Crippen molar-refractivity contribution in [3.8, 4) is 0 Å². The molecule has 1 aromatic heterocycles. The van der Waals surface area contributed by atoms with E-state index in [0.717, 1.165) is 57.7 Å². The normalized spacial score (nSPS) is 23.0. The summed E-state index contributed by atoms with van der Waals surface area (Å²) in [6.45, 7) is 5.14. The summed E-state index contributed by atoms with van der Waals surface area (Å²) >= 11 is 0. The van der Waals surface area contributed by atoms with Crippen molar-refractivity contribution >= 4 is 21.7 Å². The monoisotopic (exact) mass is 652 g/mol. The second-order valence-corrected chi connectivity index (χ2v) is 14.5. The molecule has 1 amide bonds. The van der Waals surface area contributed by atoms with Crippen molar-refractivity contribution in [2.75, 3.05) is 51.3 Å². The first-order valence-electron chi connectivity index (χ1n) is 15.7. The Kier molecular flexibility index (Phi) is 10.4. The molecule has 5 rings (SSSR count). The van der Waals surface area contributed by atoms with Gasteiger partial charge in [-0.05, 0) is 82.7 Å². The van der Waals surface area contributed by atoms with Crippen LogP contribution in [0.25, 0.3) is 0 Å². The van der Waals surface area contributed by atoms with E-state index in [9.17, 15) is 26.4 Å². The van der Waals surface area contributed by atoms with E-state index in [1.165, 1.54) is 29.0 Å². The SMILES string of the molecule is Cc1c(NC[C@@H]2CCCC(c3cccc(C(F)(F)F)c3)O2)ncnc1C(=O)N1CCC(N2CCC(N(C)S(C)(=O)=O)CC2)CC1. The Hall–Kier alpha value is -2.81. The molecule has 2 atom stereocenters. The van der Waals surface area contributed by atoms with E-state index in [0.29, 0.717) is 54.7 Å². The largest absolute Gasteiger partial charge is 0.416 e. The number of nitrogens with zero attached hydrogens (tertiary/aromatic N) is 5. The number of benzene rings is 1. The molecule has 248 valence electrons. The molecular weight excluding hydrogens is 609 g/mol. The molecule has 4 heterocycles. The van der Waals surface area contributed by atoms with Gasteiger partial charge in [0, 0.05) is 44.3 Å². The van der Waals surface area contributed by atoms with E-state index < -0.39 is 27.9 Å². The van der Waals surface area contributed by atoms with Gasteiger partial charge < -0.3 is 19.9 Å². The van der Waals surface area contributed by atoms with E-state index in [1.54, 1.807) is 13.1 Å². The number of nitrogens with one attached hydrogen (secondary N) is 1. The predicted molar refractivity (Wildman–Crippen MR) is 164 cm³/mol. The van der Waals surface area contributed by atoms with Gasteiger partial charge in [0.1, 0.15) is 17.8 Å². The number of carbonyl (C=O) groups is 1. The molecule has 1 N–H and O–H groups in total. The van der Waals surface area contributed by atoms with Gasteiger partial charge in [-0.1, -0.05) is 12.1 Å². The van der Waals surface area contributed by atoms with E-state index in [2.05, 4.69) is 20.2 Å². The molecule has 0 aliphatic carbocycles. The topological polar surface area (TPSA) is 108 Å². The van der Waals surface area contributed by atoms with Crippen LogP contribution in [0.1, 0.15) is 78.2 Å². The van der Waals surface area contributed by atoms with Crippen molar-refractivity contribution in [2.45, 2.75) is 82.3 Å². The van der Waals surface area contributed by atoms with Crippen LogP contribution >= 0.6 is 0 Å². The van der Waals surface area contributed by atoms with Gasteiger partial charge in [0.05, 0.1) is 24.0 Å². The van der Waals surface area contributed by atoms with Crippen LogP contribution in [-0.2, 0) is 20.9 Å². The number of alkyl halides is 3. The second-order valence-electron chi connectivity index (χ2n) is 12.4. The number of aromatic nitrogens is 2. The highest BCUT2D eigenvalue weighted by atomic mass is 32.2. The minimum absolute atomic E-state index is 0.0305. The number of rotatable bonds is 8. The Morgan fingerprint density at radius 1 is 1.07 bits per heavy atom.